The summed E-state index contributed by atoms with van der Waals surface area (Å²) in [5.41, 5.74) is -0.101. The summed E-state index contributed by atoms with van der Waals surface area (Å²) in [5.74, 6) is 0.702. The number of anilines is 2. The van der Waals surface area contributed by atoms with Crippen LogP contribution in [0.4, 0.5) is 17.3 Å². The Kier molecular flexibility index (Phi) is 4.65. The summed E-state index contributed by atoms with van der Waals surface area (Å²) in [4.78, 5) is 14.4. The van der Waals surface area contributed by atoms with Gasteiger partial charge >= 0.3 is 5.69 Å². The molecule has 7 heteroatoms. The van der Waals surface area contributed by atoms with Crippen LogP contribution in [0, 0.1) is 10.1 Å². The first kappa shape index (κ1) is 13.2. The van der Waals surface area contributed by atoms with Gasteiger partial charge < -0.3 is 15.7 Å². The number of hydrogen-bond donors (Lipinski definition) is 3. The highest BCUT2D eigenvalue weighted by molar-refractivity contribution is 5.60. The Bertz CT molecular complexity index is 393. The van der Waals surface area contributed by atoms with Crippen LogP contribution in [0.15, 0.2) is 12.1 Å². The molecule has 3 N–H and O–H groups in total. The summed E-state index contributed by atoms with van der Waals surface area (Å²) in [5, 5.41) is 25.6. The third kappa shape index (κ3) is 3.28. The van der Waals surface area contributed by atoms with E-state index in [4.69, 9.17) is 5.11 Å². The Hall–Kier alpha value is -1.89. The minimum absolute atomic E-state index is 0.0981. The molecule has 0 saturated carbocycles. The van der Waals surface area contributed by atoms with Crippen molar-refractivity contribution in [3.8, 4) is 0 Å². The summed E-state index contributed by atoms with van der Waals surface area (Å²) in [6.45, 7) is 1.78. The number of pyridine rings is 1. The number of aromatic nitrogens is 1. The minimum Gasteiger partial charge on any atom is -0.394 e. The maximum absolute atomic E-state index is 10.8. The smallest absolute Gasteiger partial charge is 0.311 e. The van der Waals surface area contributed by atoms with Gasteiger partial charge in [0.2, 0.25) is 5.82 Å². The van der Waals surface area contributed by atoms with Gasteiger partial charge in [-0.2, -0.15) is 0 Å². The Morgan fingerprint density at radius 3 is 2.76 bits per heavy atom. The van der Waals surface area contributed by atoms with E-state index in [-0.39, 0.29) is 24.2 Å². The summed E-state index contributed by atoms with van der Waals surface area (Å²) in [6.07, 6.45) is 0.652. The molecule has 1 atom stereocenters. The second-order valence-corrected chi connectivity index (χ2v) is 3.50. The van der Waals surface area contributed by atoms with Crippen LogP contribution in [0.3, 0.4) is 0 Å². The van der Waals surface area contributed by atoms with Gasteiger partial charge in [-0.3, -0.25) is 10.1 Å². The average Bonchev–Trinajstić information content (AvgIpc) is 2.35. The van der Waals surface area contributed by atoms with Gasteiger partial charge in [0.15, 0.2) is 0 Å². The lowest BCUT2D eigenvalue weighted by atomic mass is 10.2. The first-order chi connectivity index (χ1) is 8.12. The van der Waals surface area contributed by atoms with Crippen LogP contribution in [0.25, 0.3) is 0 Å². The van der Waals surface area contributed by atoms with E-state index in [9.17, 15) is 10.1 Å². The van der Waals surface area contributed by atoms with Crippen LogP contribution < -0.4 is 10.6 Å². The summed E-state index contributed by atoms with van der Waals surface area (Å²) >= 11 is 0. The summed E-state index contributed by atoms with van der Waals surface area (Å²) in [7, 11) is 1.68. The van der Waals surface area contributed by atoms with Crippen LogP contribution in [0.1, 0.15) is 13.3 Å². The molecule has 0 fully saturated rings. The number of aliphatic hydroxyl groups excluding tert-OH is 1. The van der Waals surface area contributed by atoms with Gasteiger partial charge in [-0.1, -0.05) is 6.92 Å². The molecule has 0 aromatic carbocycles. The number of rotatable bonds is 6. The lowest BCUT2D eigenvalue weighted by Gasteiger charge is -2.15. The largest absolute Gasteiger partial charge is 0.394 e. The molecule has 0 saturated heterocycles. The third-order valence-corrected chi connectivity index (χ3v) is 2.38. The molecule has 1 rings (SSSR count). The van der Waals surface area contributed by atoms with Gasteiger partial charge in [-0.05, 0) is 12.5 Å². The number of nitrogens with one attached hydrogen (secondary N) is 2. The van der Waals surface area contributed by atoms with Gasteiger partial charge in [0.05, 0.1) is 17.6 Å². The van der Waals surface area contributed by atoms with Crippen LogP contribution in [0.2, 0.25) is 0 Å². The molecular weight excluding hydrogens is 224 g/mol. The van der Waals surface area contributed by atoms with Gasteiger partial charge in [0, 0.05) is 13.1 Å². The maximum Gasteiger partial charge on any atom is 0.311 e. The number of nitro groups is 1. The summed E-state index contributed by atoms with van der Waals surface area (Å²) in [6, 6.07) is 2.67. The van der Waals surface area contributed by atoms with Gasteiger partial charge in [0.25, 0.3) is 0 Å². The van der Waals surface area contributed by atoms with E-state index in [1.807, 2.05) is 6.92 Å². The van der Waals surface area contributed by atoms with Gasteiger partial charge in [-0.25, -0.2) is 4.98 Å². The standard InChI is InChI=1S/C10H16N4O3/c1-3-7(6-15)12-10-8(14(16)17)4-5-9(11-2)13-10/h4-5,7,15H,3,6H2,1-2H3,(H2,11,12,13). The molecule has 0 radical (unpaired) electrons. The van der Waals surface area contributed by atoms with Crippen molar-refractivity contribution >= 4 is 17.3 Å². The van der Waals surface area contributed by atoms with Crippen molar-refractivity contribution in [2.75, 3.05) is 24.3 Å². The second kappa shape index (κ2) is 6.00. The van der Waals surface area contributed by atoms with Gasteiger partial charge in [-0.15, -0.1) is 0 Å². The molecule has 1 heterocycles. The van der Waals surface area contributed by atoms with E-state index in [1.54, 1.807) is 7.05 Å². The van der Waals surface area contributed by atoms with Crippen molar-refractivity contribution in [3.05, 3.63) is 22.2 Å². The molecule has 0 amide bonds. The fourth-order valence-corrected chi connectivity index (χ4v) is 1.31. The molecular formula is C10H16N4O3. The molecule has 0 bridgehead atoms. The fourth-order valence-electron chi connectivity index (χ4n) is 1.31. The molecule has 1 unspecified atom stereocenters. The lowest BCUT2D eigenvalue weighted by Crippen LogP contribution is -2.24. The zero-order chi connectivity index (χ0) is 12.8. The Morgan fingerprint density at radius 2 is 2.29 bits per heavy atom. The molecule has 1 aromatic rings. The number of aliphatic hydroxyl groups is 1. The Balaban J connectivity index is 3.04. The highest BCUT2D eigenvalue weighted by Crippen LogP contribution is 2.24. The summed E-state index contributed by atoms with van der Waals surface area (Å²) < 4.78 is 0. The number of hydrogen-bond acceptors (Lipinski definition) is 6. The van der Waals surface area contributed by atoms with Crippen LogP contribution >= 0.6 is 0 Å². The highest BCUT2D eigenvalue weighted by Gasteiger charge is 2.18. The monoisotopic (exact) mass is 240 g/mol. The first-order valence-corrected chi connectivity index (χ1v) is 5.33. The quantitative estimate of drug-likeness (QED) is 0.510. The topological polar surface area (TPSA) is 100 Å². The van der Waals surface area contributed by atoms with Crippen molar-refractivity contribution in [3.63, 3.8) is 0 Å². The predicted molar refractivity (Wildman–Crippen MR) is 65.2 cm³/mol. The fraction of sp³-hybridized carbons (Fsp3) is 0.500. The average molecular weight is 240 g/mol. The molecule has 0 aliphatic rings. The van der Waals surface area contributed by atoms with Crippen molar-refractivity contribution in [2.24, 2.45) is 0 Å². The normalized spacial score (nSPS) is 11.9. The van der Waals surface area contributed by atoms with Crippen molar-refractivity contribution in [1.29, 1.82) is 0 Å². The zero-order valence-corrected chi connectivity index (χ0v) is 9.80. The van der Waals surface area contributed by atoms with Crippen molar-refractivity contribution < 1.29 is 10.0 Å². The lowest BCUT2D eigenvalue weighted by molar-refractivity contribution is -0.384. The van der Waals surface area contributed by atoms with E-state index in [0.29, 0.717) is 12.2 Å². The van der Waals surface area contributed by atoms with Crippen LogP contribution in [0.5, 0.6) is 0 Å². The molecule has 17 heavy (non-hydrogen) atoms. The Morgan fingerprint density at radius 1 is 1.59 bits per heavy atom. The molecule has 0 aliphatic carbocycles. The van der Waals surface area contributed by atoms with E-state index >= 15 is 0 Å². The predicted octanol–water partition coefficient (Wildman–Crippen LogP) is 1.21. The Labute approximate surface area is 99.0 Å². The van der Waals surface area contributed by atoms with Gasteiger partial charge in [0.1, 0.15) is 5.82 Å². The first-order valence-electron chi connectivity index (χ1n) is 5.33. The van der Waals surface area contributed by atoms with Crippen LogP contribution in [-0.4, -0.2) is 34.7 Å². The molecule has 0 spiro atoms. The molecule has 1 aromatic heterocycles. The molecule has 0 aliphatic heterocycles. The van der Waals surface area contributed by atoms with Crippen molar-refractivity contribution in [2.45, 2.75) is 19.4 Å². The molecule has 94 valence electrons. The van der Waals surface area contributed by atoms with E-state index < -0.39 is 4.92 Å². The van der Waals surface area contributed by atoms with Crippen molar-refractivity contribution in [1.82, 2.24) is 4.98 Å². The van der Waals surface area contributed by atoms with E-state index in [1.165, 1.54) is 12.1 Å². The minimum atomic E-state index is -0.501. The SMILES string of the molecule is CCC(CO)Nc1nc(NC)ccc1[N+](=O)[O-]. The van der Waals surface area contributed by atoms with E-state index in [2.05, 4.69) is 15.6 Å². The van der Waals surface area contributed by atoms with Crippen LogP contribution in [-0.2, 0) is 0 Å². The van der Waals surface area contributed by atoms with E-state index in [0.717, 1.165) is 0 Å². The molecule has 7 nitrogen and oxygen atoms in total. The highest BCUT2D eigenvalue weighted by atomic mass is 16.6. The third-order valence-electron chi connectivity index (χ3n) is 2.38. The second-order valence-electron chi connectivity index (χ2n) is 3.50. The maximum atomic E-state index is 10.8. The zero-order valence-electron chi connectivity index (χ0n) is 9.80. The number of nitrogens with zero attached hydrogens (tertiary/aromatic N) is 2.